The minimum atomic E-state index is -0.406. The van der Waals surface area contributed by atoms with Crippen LogP contribution in [-0.2, 0) is 4.79 Å². The predicted octanol–water partition coefficient (Wildman–Crippen LogP) is 6.77. The fourth-order valence-electron chi connectivity index (χ4n) is 4.28. The quantitative estimate of drug-likeness (QED) is 0.161. The van der Waals surface area contributed by atoms with Gasteiger partial charge in [0.1, 0.15) is 17.2 Å². The Morgan fingerprint density at radius 1 is 0.875 bits per heavy atom. The van der Waals surface area contributed by atoms with Gasteiger partial charge in [-0.25, -0.2) is 10.4 Å². The second kappa shape index (κ2) is 12.3. The fraction of sp³-hybridized carbons (Fsp3) is 0.0938. The Labute approximate surface area is 237 Å². The van der Waals surface area contributed by atoms with Gasteiger partial charge in [-0.05, 0) is 71.8 Å². The number of hydrogen-bond acceptors (Lipinski definition) is 6. The number of amides is 1. The highest BCUT2D eigenvalue weighted by Crippen LogP contribution is 2.34. The lowest BCUT2D eigenvalue weighted by atomic mass is 9.98. The number of fused-ring (bicyclic) bond motifs is 1. The van der Waals surface area contributed by atoms with Crippen molar-refractivity contribution in [2.75, 3.05) is 20.8 Å². The largest absolute Gasteiger partial charge is 0.496 e. The molecule has 8 heteroatoms. The first-order valence-electron chi connectivity index (χ1n) is 12.5. The van der Waals surface area contributed by atoms with E-state index < -0.39 is 5.91 Å². The zero-order chi connectivity index (χ0) is 27.9. The number of benzene rings is 4. The molecule has 5 aromatic rings. The van der Waals surface area contributed by atoms with Gasteiger partial charge < -0.3 is 14.2 Å². The monoisotopic (exact) mass is 551 g/mol. The van der Waals surface area contributed by atoms with Crippen molar-refractivity contribution in [3.8, 4) is 39.6 Å². The summed E-state index contributed by atoms with van der Waals surface area (Å²) in [4.78, 5) is 17.2. The van der Waals surface area contributed by atoms with Crippen LogP contribution in [0.4, 0.5) is 0 Å². The van der Waals surface area contributed by atoms with E-state index in [9.17, 15) is 4.79 Å². The third kappa shape index (κ3) is 6.06. The first-order chi connectivity index (χ1) is 19.6. The molecule has 0 aliphatic carbocycles. The number of ether oxygens (including phenoxy) is 3. The maximum atomic E-state index is 12.3. The number of carbonyl (C=O) groups is 1. The number of rotatable bonds is 9. The molecule has 0 bridgehead atoms. The molecule has 0 radical (unpaired) electrons. The van der Waals surface area contributed by atoms with Crippen LogP contribution < -0.4 is 19.6 Å². The zero-order valence-electron chi connectivity index (χ0n) is 21.9. The van der Waals surface area contributed by atoms with E-state index in [0.29, 0.717) is 27.8 Å². The van der Waals surface area contributed by atoms with Gasteiger partial charge >= 0.3 is 0 Å². The van der Waals surface area contributed by atoms with E-state index in [4.69, 9.17) is 30.8 Å². The van der Waals surface area contributed by atoms with Crippen LogP contribution in [0.15, 0.2) is 102 Å². The molecule has 0 saturated heterocycles. The van der Waals surface area contributed by atoms with Crippen LogP contribution in [0.2, 0.25) is 5.02 Å². The highest BCUT2D eigenvalue weighted by molar-refractivity contribution is 6.31. The Kier molecular flexibility index (Phi) is 8.23. The molecule has 0 saturated carbocycles. The molecular formula is C32H26ClN3O4. The molecule has 0 aliphatic heterocycles. The number of nitrogens with one attached hydrogen (secondary N) is 1. The normalized spacial score (nSPS) is 11.0. The first-order valence-corrected chi connectivity index (χ1v) is 12.9. The van der Waals surface area contributed by atoms with Crippen LogP contribution >= 0.6 is 11.6 Å². The number of methoxy groups -OCH3 is 2. The lowest BCUT2D eigenvalue weighted by Crippen LogP contribution is -2.24. The van der Waals surface area contributed by atoms with Crippen LogP contribution in [0.1, 0.15) is 5.56 Å². The summed E-state index contributed by atoms with van der Waals surface area (Å²) in [5.74, 6) is 1.30. The molecule has 0 unspecified atom stereocenters. The van der Waals surface area contributed by atoms with Crippen molar-refractivity contribution in [2.24, 2.45) is 5.10 Å². The SMILES string of the molecule is COc1cccc(OC)c1/C=N/NC(=O)COc1ccc(-c2cc(-c3ccccc3)c3cc(Cl)ccc3n2)cc1. The van der Waals surface area contributed by atoms with Crippen LogP contribution in [0.5, 0.6) is 17.2 Å². The van der Waals surface area contributed by atoms with Gasteiger partial charge in [0.25, 0.3) is 5.91 Å². The molecule has 1 aromatic heterocycles. The summed E-state index contributed by atoms with van der Waals surface area (Å²) >= 11 is 6.30. The van der Waals surface area contributed by atoms with Crippen molar-refractivity contribution in [2.45, 2.75) is 0 Å². The van der Waals surface area contributed by atoms with Crippen LogP contribution in [0, 0.1) is 0 Å². The molecular weight excluding hydrogens is 526 g/mol. The number of carbonyl (C=O) groups excluding carboxylic acids is 1. The van der Waals surface area contributed by atoms with E-state index in [0.717, 1.165) is 33.3 Å². The van der Waals surface area contributed by atoms with Crippen LogP contribution in [0.25, 0.3) is 33.3 Å². The lowest BCUT2D eigenvalue weighted by Gasteiger charge is -2.11. The van der Waals surface area contributed by atoms with Gasteiger partial charge in [-0.3, -0.25) is 4.79 Å². The van der Waals surface area contributed by atoms with Gasteiger partial charge in [0.05, 0.1) is 37.2 Å². The lowest BCUT2D eigenvalue weighted by molar-refractivity contribution is -0.123. The average Bonchev–Trinajstić information content (AvgIpc) is 3.00. The summed E-state index contributed by atoms with van der Waals surface area (Å²) in [7, 11) is 3.11. The average molecular weight is 552 g/mol. The Hall–Kier alpha value is -4.88. The molecule has 200 valence electrons. The van der Waals surface area contributed by atoms with E-state index in [1.54, 1.807) is 32.4 Å². The van der Waals surface area contributed by atoms with E-state index in [2.05, 4.69) is 28.7 Å². The van der Waals surface area contributed by atoms with E-state index in [1.807, 2.05) is 60.7 Å². The third-order valence-electron chi connectivity index (χ3n) is 6.22. The minimum absolute atomic E-state index is 0.202. The summed E-state index contributed by atoms with van der Waals surface area (Å²) in [5, 5.41) is 5.66. The van der Waals surface area contributed by atoms with E-state index in [-0.39, 0.29) is 6.61 Å². The Bertz CT molecular complexity index is 1650. The van der Waals surface area contributed by atoms with Gasteiger partial charge in [0.15, 0.2) is 6.61 Å². The zero-order valence-corrected chi connectivity index (χ0v) is 22.7. The van der Waals surface area contributed by atoms with Crippen LogP contribution in [0.3, 0.4) is 0 Å². The number of nitrogens with zero attached hydrogens (tertiary/aromatic N) is 2. The molecule has 5 rings (SSSR count). The Morgan fingerprint density at radius 3 is 2.30 bits per heavy atom. The molecule has 0 aliphatic rings. The highest BCUT2D eigenvalue weighted by Gasteiger charge is 2.11. The summed E-state index contributed by atoms with van der Waals surface area (Å²) in [6.07, 6.45) is 1.47. The molecule has 1 amide bonds. The standard InChI is InChI=1S/C32H26ClN3O4/c1-38-30-9-6-10-31(39-2)27(30)19-34-36-32(37)20-40-24-14-11-22(12-15-24)29-18-25(21-7-4-3-5-8-21)26-17-23(33)13-16-28(26)35-29/h3-19H,20H2,1-2H3,(H,36,37)/b34-19+. The topological polar surface area (TPSA) is 82.0 Å². The molecule has 1 N–H and O–H groups in total. The van der Waals surface area contributed by atoms with Gasteiger partial charge in [-0.1, -0.05) is 48.0 Å². The summed E-state index contributed by atoms with van der Waals surface area (Å²) in [6.45, 7) is -0.202. The number of halogens is 1. The van der Waals surface area contributed by atoms with E-state index >= 15 is 0 Å². The molecule has 0 spiro atoms. The molecule has 0 atom stereocenters. The van der Waals surface area contributed by atoms with Crippen molar-refractivity contribution in [3.63, 3.8) is 0 Å². The second-order valence-corrected chi connectivity index (χ2v) is 9.20. The van der Waals surface area contributed by atoms with Gasteiger partial charge in [-0.15, -0.1) is 0 Å². The first kappa shape index (κ1) is 26.7. The van der Waals surface area contributed by atoms with Crippen molar-refractivity contribution in [1.82, 2.24) is 10.4 Å². The van der Waals surface area contributed by atoms with Gasteiger partial charge in [-0.2, -0.15) is 5.10 Å². The summed E-state index contributed by atoms with van der Waals surface area (Å²) in [5.41, 5.74) is 7.79. The fourth-order valence-corrected chi connectivity index (χ4v) is 4.45. The van der Waals surface area contributed by atoms with Crippen LogP contribution in [-0.4, -0.2) is 37.9 Å². The van der Waals surface area contributed by atoms with Crippen molar-refractivity contribution in [3.05, 3.63) is 108 Å². The number of pyridine rings is 1. The maximum absolute atomic E-state index is 12.3. The summed E-state index contributed by atoms with van der Waals surface area (Å²) < 4.78 is 16.3. The van der Waals surface area contributed by atoms with Gasteiger partial charge in [0, 0.05) is 16.0 Å². The minimum Gasteiger partial charge on any atom is -0.496 e. The smallest absolute Gasteiger partial charge is 0.277 e. The maximum Gasteiger partial charge on any atom is 0.277 e. The molecule has 1 heterocycles. The molecule has 7 nitrogen and oxygen atoms in total. The summed E-state index contributed by atoms with van der Waals surface area (Å²) in [6, 6.07) is 30.7. The predicted molar refractivity (Wildman–Crippen MR) is 158 cm³/mol. The van der Waals surface area contributed by atoms with Crippen molar-refractivity contribution >= 4 is 34.6 Å². The second-order valence-electron chi connectivity index (χ2n) is 8.76. The molecule has 0 fully saturated rings. The highest BCUT2D eigenvalue weighted by atomic mass is 35.5. The number of hydrazone groups is 1. The third-order valence-corrected chi connectivity index (χ3v) is 6.46. The Morgan fingerprint density at radius 2 is 1.60 bits per heavy atom. The Balaban J connectivity index is 1.28. The van der Waals surface area contributed by atoms with Crippen molar-refractivity contribution < 1.29 is 19.0 Å². The van der Waals surface area contributed by atoms with Crippen molar-refractivity contribution in [1.29, 1.82) is 0 Å². The number of hydrogen-bond donors (Lipinski definition) is 1. The van der Waals surface area contributed by atoms with Gasteiger partial charge in [0.2, 0.25) is 0 Å². The molecule has 40 heavy (non-hydrogen) atoms. The molecule has 4 aromatic carbocycles. The van der Waals surface area contributed by atoms with E-state index in [1.165, 1.54) is 6.21 Å². The number of aromatic nitrogens is 1.